The van der Waals surface area contributed by atoms with Crippen LogP contribution in [0.25, 0.3) is 28.2 Å². The van der Waals surface area contributed by atoms with E-state index in [2.05, 4.69) is 118 Å². The van der Waals surface area contributed by atoms with Gasteiger partial charge in [-0.15, -0.1) is 0 Å². The van der Waals surface area contributed by atoms with Gasteiger partial charge < -0.3 is 0 Å². The summed E-state index contributed by atoms with van der Waals surface area (Å²) in [5, 5.41) is 0. The summed E-state index contributed by atoms with van der Waals surface area (Å²) in [6, 6.07) is 13.8. The Morgan fingerprint density at radius 3 is 2.21 bits per heavy atom. The Bertz CT molecular complexity index is 1380. The molecule has 0 amide bonds. The van der Waals surface area contributed by atoms with E-state index in [1.807, 2.05) is 12.4 Å². The summed E-state index contributed by atoms with van der Waals surface area (Å²) in [7, 11) is 2.16. The number of hydrogen-bond acceptors (Lipinski definition) is 1. The van der Waals surface area contributed by atoms with Crippen LogP contribution >= 0.6 is 0 Å². The van der Waals surface area contributed by atoms with Crippen LogP contribution in [0.4, 0.5) is 0 Å². The summed E-state index contributed by atoms with van der Waals surface area (Å²) in [6.45, 7) is 16.0. The van der Waals surface area contributed by atoms with Crippen molar-refractivity contribution in [3.05, 3.63) is 89.0 Å². The molecular formula is C31H36N3+. The monoisotopic (exact) mass is 450 g/mol. The highest BCUT2D eigenvalue weighted by atomic mass is 15.1. The van der Waals surface area contributed by atoms with Crippen LogP contribution in [-0.4, -0.2) is 9.55 Å². The standard InChI is InChI=1S/C31H36N3/c1-19(2)22-10-9-11-23(20(3)4)29(22)34-15-14-33(8)30(34)25-17-26-24-12-13-32-18-28(24)31(6,7)27(26)16-21(25)5/h9-20H,1-8H3/q+1. The number of nitrogens with zero attached hydrogens (tertiary/aromatic N) is 3. The van der Waals surface area contributed by atoms with Gasteiger partial charge in [0.2, 0.25) is 0 Å². The zero-order chi connectivity index (χ0) is 24.4. The Kier molecular flexibility index (Phi) is 5.27. The summed E-state index contributed by atoms with van der Waals surface area (Å²) in [5.41, 5.74) is 12.0. The first-order valence-electron chi connectivity index (χ1n) is 12.4. The number of benzene rings is 2. The quantitative estimate of drug-likeness (QED) is 0.301. The predicted octanol–water partition coefficient (Wildman–Crippen LogP) is 7.23. The van der Waals surface area contributed by atoms with Crippen LogP contribution in [-0.2, 0) is 12.5 Å². The molecule has 0 spiro atoms. The van der Waals surface area contributed by atoms with Gasteiger partial charge in [-0.25, -0.2) is 4.57 Å². The van der Waals surface area contributed by atoms with E-state index >= 15 is 0 Å². The zero-order valence-corrected chi connectivity index (χ0v) is 21.8. The van der Waals surface area contributed by atoms with E-state index in [9.17, 15) is 0 Å². The van der Waals surface area contributed by atoms with E-state index < -0.39 is 0 Å². The highest BCUT2D eigenvalue weighted by molar-refractivity contribution is 5.84. The van der Waals surface area contributed by atoms with Crippen molar-refractivity contribution in [2.24, 2.45) is 7.05 Å². The summed E-state index contributed by atoms with van der Waals surface area (Å²) < 4.78 is 4.69. The number of fused-ring (bicyclic) bond motifs is 3. The molecule has 2 heterocycles. The molecule has 3 nitrogen and oxygen atoms in total. The van der Waals surface area contributed by atoms with Gasteiger partial charge >= 0.3 is 0 Å². The van der Waals surface area contributed by atoms with Crippen molar-refractivity contribution in [1.82, 2.24) is 9.55 Å². The Morgan fingerprint density at radius 1 is 0.882 bits per heavy atom. The van der Waals surface area contributed by atoms with E-state index in [0.717, 1.165) is 0 Å². The summed E-state index contributed by atoms with van der Waals surface area (Å²) in [5.74, 6) is 2.10. The number of rotatable bonds is 4. The van der Waals surface area contributed by atoms with E-state index in [0.29, 0.717) is 11.8 Å². The van der Waals surface area contributed by atoms with Crippen molar-refractivity contribution in [3.63, 3.8) is 0 Å². The highest BCUT2D eigenvalue weighted by Gasteiger charge is 2.37. The van der Waals surface area contributed by atoms with E-state index in [1.54, 1.807) is 0 Å². The first-order valence-corrected chi connectivity index (χ1v) is 12.4. The summed E-state index contributed by atoms with van der Waals surface area (Å²) in [4.78, 5) is 4.44. The molecule has 0 fully saturated rings. The van der Waals surface area contributed by atoms with E-state index in [4.69, 9.17) is 0 Å². The van der Waals surface area contributed by atoms with Crippen molar-refractivity contribution in [3.8, 4) is 28.2 Å². The highest BCUT2D eigenvalue weighted by Crippen LogP contribution is 2.50. The smallest absolute Gasteiger partial charge is 0.264 e. The Labute approximate surface area is 204 Å². The van der Waals surface area contributed by atoms with Crippen molar-refractivity contribution >= 4 is 0 Å². The lowest BCUT2D eigenvalue weighted by Crippen LogP contribution is -2.29. The van der Waals surface area contributed by atoms with Gasteiger partial charge in [0.15, 0.2) is 0 Å². The molecule has 2 aromatic heterocycles. The minimum Gasteiger partial charge on any atom is -0.264 e. The summed E-state index contributed by atoms with van der Waals surface area (Å²) >= 11 is 0. The molecule has 0 aliphatic heterocycles. The third-order valence-corrected chi connectivity index (χ3v) is 7.65. The minimum atomic E-state index is -0.0402. The van der Waals surface area contributed by atoms with Crippen LogP contribution in [0.15, 0.2) is 61.2 Å². The van der Waals surface area contributed by atoms with Gasteiger partial charge in [0, 0.05) is 28.9 Å². The number of para-hydroxylation sites is 1. The predicted molar refractivity (Wildman–Crippen MR) is 141 cm³/mol. The van der Waals surface area contributed by atoms with Crippen LogP contribution in [0, 0.1) is 6.92 Å². The van der Waals surface area contributed by atoms with Crippen LogP contribution in [0.3, 0.4) is 0 Å². The minimum absolute atomic E-state index is 0.0402. The van der Waals surface area contributed by atoms with Gasteiger partial charge in [-0.2, -0.15) is 4.57 Å². The number of hydrogen-bond donors (Lipinski definition) is 0. The Balaban J connectivity index is 1.80. The number of aromatic nitrogens is 3. The van der Waals surface area contributed by atoms with Gasteiger partial charge in [-0.1, -0.05) is 65.8 Å². The third kappa shape index (κ3) is 3.25. The summed E-state index contributed by atoms with van der Waals surface area (Å²) in [6.07, 6.45) is 8.38. The molecule has 4 aromatic rings. The molecule has 1 aliphatic rings. The Hall–Kier alpha value is -3.20. The molecule has 0 N–H and O–H groups in total. The maximum Gasteiger partial charge on any atom is 0.294 e. The molecule has 0 saturated heterocycles. The molecule has 0 unspecified atom stereocenters. The number of pyridine rings is 1. The molecule has 0 atom stereocenters. The first-order chi connectivity index (χ1) is 16.1. The lowest BCUT2D eigenvalue weighted by atomic mass is 9.82. The normalized spacial score (nSPS) is 14.1. The van der Waals surface area contributed by atoms with Crippen molar-refractivity contribution in [2.75, 3.05) is 0 Å². The van der Waals surface area contributed by atoms with Gasteiger partial charge in [0.1, 0.15) is 18.1 Å². The molecule has 2 aromatic carbocycles. The van der Waals surface area contributed by atoms with E-state index in [-0.39, 0.29) is 5.41 Å². The SMILES string of the molecule is Cc1cc2c(cc1-c1n(-c3c(C(C)C)cccc3C(C)C)cc[n+]1C)-c1ccncc1C2(C)C. The molecule has 1 aliphatic carbocycles. The van der Waals surface area contributed by atoms with E-state index in [1.165, 1.54) is 56.0 Å². The third-order valence-electron chi connectivity index (χ3n) is 7.65. The largest absolute Gasteiger partial charge is 0.294 e. The lowest BCUT2D eigenvalue weighted by Gasteiger charge is -2.22. The molecule has 0 bridgehead atoms. The molecule has 3 heteroatoms. The zero-order valence-electron chi connectivity index (χ0n) is 21.8. The maximum atomic E-state index is 4.44. The van der Waals surface area contributed by atoms with Crippen LogP contribution in [0.5, 0.6) is 0 Å². The number of aryl methyl sites for hydroxylation is 2. The van der Waals surface area contributed by atoms with Crippen LogP contribution in [0.1, 0.15) is 81.2 Å². The lowest BCUT2D eigenvalue weighted by molar-refractivity contribution is -0.659. The Morgan fingerprint density at radius 2 is 1.56 bits per heavy atom. The molecule has 174 valence electrons. The molecule has 0 radical (unpaired) electrons. The molecule has 0 saturated carbocycles. The van der Waals surface area contributed by atoms with Gasteiger partial charge in [-0.05, 0) is 58.7 Å². The van der Waals surface area contributed by atoms with Gasteiger partial charge in [-0.3, -0.25) is 4.98 Å². The first kappa shape index (κ1) is 22.6. The fourth-order valence-corrected chi connectivity index (χ4v) is 5.73. The van der Waals surface area contributed by atoms with Crippen LogP contribution < -0.4 is 4.57 Å². The van der Waals surface area contributed by atoms with Gasteiger partial charge in [0.25, 0.3) is 5.82 Å². The number of imidazole rings is 1. The van der Waals surface area contributed by atoms with Crippen molar-refractivity contribution < 1.29 is 4.57 Å². The van der Waals surface area contributed by atoms with Gasteiger partial charge in [0.05, 0.1) is 12.6 Å². The maximum absolute atomic E-state index is 4.44. The second-order valence-electron chi connectivity index (χ2n) is 11.0. The van der Waals surface area contributed by atoms with Crippen molar-refractivity contribution in [1.29, 1.82) is 0 Å². The average Bonchev–Trinajstić information content (AvgIpc) is 3.28. The second-order valence-corrected chi connectivity index (χ2v) is 11.0. The van der Waals surface area contributed by atoms with Crippen molar-refractivity contribution in [2.45, 2.75) is 65.7 Å². The fourth-order valence-electron chi connectivity index (χ4n) is 5.73. The molecular weight excluding hydrogens is 414 g/mol. The average molecular weight is 451 g/mol. The van der Waals surface area contributed by atoms with Crippen LogP contribution in [0.2, 0.25) is 0 Å². The fraction of sp³-hybridized carbons (Fsp3) is 0.355. The molecule has 34 heavy (non-hydrogen) atoms. The topological polar surface area (TPSA) is 21.7 Å². The molecule has 5 rings (SSSR count). The second kappa shape index (κ2) is 7.94.